The van der Waals surface area contributed by atoms with Crippen LogP contribution in [0.3, 0.4) is 0 Å². The third-order valence-electron chi connectivity index (χ3n) is 6.54. The lowest BCUT2D eigenvalue weighted by molar-refractivity contribution is -0.121. The molecule has 176 valence electrons. The van der Waals surface area contributed by atoms with Gasteiger partial charge in [-0.1, -0.05) is 44.5 Å². The van der Waals surface area contributed by atoms with E-state index < -0.39 is 23.0 Å². The molecular formula is C25H28ClF2N3O2. The molecule has 33 heavy (non-hydrogen) atoms. The van der Waals surface area contributed by atoms with Gasteiger partial charge in [-0.15, -0.1) is 0 Å². The molecule has 2 amide bonds. The summed E-state index contributed by atoms with van der Waals surface area (Å²) < 4.78 is 29.6. The minimum Gasteiger partial charge on any atom is -0.345 e. The first kappa shape index (κ1) is 23.6. The number of carbonyl (C=O) groups is 2. The minimum absolute atomic E-state index is 0.0576. The minimum atomic E-state index is -1.08. The Morgan fingerprint density at radius 1 is 1.27 bits per heavy atom. The molecule has 0 radical (unpaired) electrons. The molecule has 0 aliphatic carbocycles. The second-order valence-electron chi connectivity index (χ2n) is 10.3. The van der Waals surface area contributed by atoms with Gasteiger partial charge in [-0.25, -0.2) is 8.78 Å². The van der Waals surface area contributed by atoms with Crippen molar-refractivity contribution in [3.05, 3.63) is 52.0 Å². The van der Waals surface area contributed by atoms with E-state index in [2.05, 4.69) is 31.4 Å². The summed E-state index contributed by atoms with van der Waals surface area (Å²) in [6.07, 6.45) is 1.14. The largest absolute Gasteiger partial charge is 0.345 e. The van der Waals surface area contributed by atoms with E-state index >= 15 is 4.39 Å². The molecule has 8 heteroatoms. The highest BCUT2D eigenvalue weighted by molar-refractivity contribution is 6.35. The Labute approximate surface area is 197 Å². The molecule has 0 bridgehead atoms. The summed E-state index contributed by atoms with van der Waals surface area (Å²) in [5.41, 5.74) is -0.0559. The van der Waals surface area contributed by atoms with Crippen molar-refractivity contribution in [2.24, 2.45) is 5.41 Å². The van der Waals surface area contributed by atoms with Gasteiger partial charge in [-0.2, -0.15) is 0 Å². The number of nitrogens with zero attached hydrogens (tertiary/aromatic N) is 1. The number of carbonyl (C=O) groups excluding carboxylic acids is 2. The summed E-state index contributed by atoms with van der Waals surface area (Å²) >= 11 is 6.55. The molecule has 2 aliphatic rings. The maximum Gasteiger partial charge on any atom is 0.255 e. The van der Waals surface area contributed by atoms with Crippen molar-refractivity contribution in [2.45, 2.75) is 45.1 Å². The number of nitrogens with one attached hydrogen (secondary N) is 2. The third kappa shape index (κ3) is 3.71. The molecule has 2 N–H and O–H groups in total. The van der Waals surface area contributed by atoms with E-state index in [1.165, 1.54) is 17.0 Å². The van der Waals surface area contributed by atoms with Crippen LogP contribution in [0.25, 0.3) is 11.1 Å². The van der Waals surface area contributed by atoms with Gasteiger partial charge in [0.2, 0.25) is 5.91 Å². The fourth-order valence-electron chi connectivity index (χ4n) is 5.18. The molecule has 1 fully saturated rings. The lowest BCUT2D eigenvalue weighted by atomic mass is 9.68. The molecule has 2 aliphatic heterocycles. The average Bonchev–Trinajstić information content (AvgIpc) is 3.23. The van der Waals surface area contributed by atoms with Gasteiger partial charge in [0, 0.05) is 42.5 Å². The van der Waals surface area contributed by atoms with Gasteiger partial charge in [-0.3, -0.25) is 9.59 Å². The van der Waals surface area contributed by atoms with E-state index in [9.17, 15) is 14.0 Å². The van der Waals surface area contributed by atoms with Crippen LogP contribution in [0, 0.1) is 17.0 Å². The SMILES string of the molecule is CN(C)C(=O)c1c(Cl)cc2c(c1-c1cccc(F)c1F)C1(CCNC1CC(C)(C)C)C(=O)N2. The molecule has 2 atom stereocenters. The molecule has 2 aromatic carbocycles. The van der Waals surface area contributed by atoms with E-state index in [1.54, 1.807) is 20.2 Å². The molecule has 1 spiro atoms. The molecule has 1 saturated heterocycles. The first-order valence-electron chi connectivity index (χ1n) is 11.0. The van der Waals surface area contributed by atoms with Crippen molar-refractivity contribution < 1.29 is 18.4 Å². The zero-order valence-corrected chi connectivity index (χ0v) is 20.2. The van der Waals surface area contributed by atoms with Crippen molar-refractivity contribution in [3.8, 4) is 11.1 Å². The summed E-state index contributed by atoms with van der Waals surface area (Å²) in [5, 5.41) is 6.44. The van der Waals surface area contributed by atoms with Gasteiger partial charge >= 0.3 is 0 Å². The highest BCUT2D eigenvalue weighted by Gasteiger charge is 2.57. The fraction of sp³-hybridized carbons (Fsp3) is 0.440. The zero-order chi connectivity index (χ0) is 24.3. The van der Waals surface area contributed by atoms with Crippen molar-refractivity contribution >= 4 is 29.1 Å². The Balaban J connectivity index is 2.11. The van der Waals surface area contributed by atoms with Crippen molar-refractivity contribution in [1.29, 1.82) is 0 Å². The predicted octanol–water partition coefficient (Wildman–Crippen LogP) is 4.98. The fourth-order valence-corrected chi connectivity index (χ4v) is 5.46. The summed E-state index contributed by atoms with van der Waals surface area (Å²) in [6, 6.07) is 5.14. The number of hydrogen-bond acceptors (Lipinski definition) is 3. The first-order valence-corrected chi connectivity index (χ1v) is 11.3. The number of halogens is 3. The van der Waals surface area contributed by atoms with Gasteiger partial charge < -0.3 is 15.5 Å². The number of rotatable bonds is 3. The van der Waals surface area contributed by atoms with Crippen molar-refractivity contribution in [2.75, 3.05) is 26.0 Å². The standard InChI is InChI=1S/C25H28ClF2N3O2/c1-24(2,3)12-17-25(9-10-29-17)20-16(30-23(25)33)11-14(26)19(22(32)31(4)5)18(20)13-7-6-8-15(27)21(13)28/h6-8,11,17,29H,9-10,12H2,1-5H3,(H,30,33). The van der Waals surface area contributed by atoms with Crippen LogP contribution < -0.4 is 10.6 Å². The predicted molar refractivity (Wildman–Crippen MR) is 126 cm³/mol. The highest BCUT2D eigenvalue weighted by atomic mass is 35.5. The lowest BCUT2D eigenvalue weighted by Gasteiger charge is -2.35. The van der Waals surface area contributed by atoms with E-state index in [1.807, 2.05) is 0 Å². The summed E-state index contributed by atoms with van der Waals surface area (Å²) in [6.45, 7) is 6.84. The number of hydrogen-bond donors (Lipinski definition) is 2. The monoisotopic (exact) mass is 475 g/mol. The van der Waals surface area contributed by atoms with Crippen molar-refractivity contribution in [3.63, 3.8) is 0 Å². The molecule has 2 aromatic rings. The highest BCUT2D eigenvalue weighted by Crippen LogP contribution is 2.54. The number of fused-ring (bicyclic) bond motifs is 2. The Hall–Kier alpha value is -2.51. The van der Waals surface area contributed by atoms with Gasteiger partial charge in [0.05, 0.1) is 16.0 Å². The second kappa shape index (κ2) is 8.06. The molecule has 2 heterocycles. The van der Waals surface area contributed by atoms with Crippen LogP contribution in [-0.4, -0.2) is 43.4 Å². The van der Waals surface area contributed by atoms with Crippen LogP contribution in [-0.2, 0) is 10.2 Å². The maximum atomic E-state index is 15.2. The van der Waals surface area contributed by atoms with Gasteiger partial charge in [0.1, 0.15) is 0 Å². The maximum absolute atomic E-state index is 15.2. The second-order valence-corrected chi connectivity index (χ2v) is 10.7. The van der Waals surface area contributed by atoms with Crippen LogP contribution >= 0.6 is 11.6 Å². The zero-order valence-electron chi connectivity index (χ0n) is 19.4. The smallest absolute Gasteiger partial charge is 0.255 e. The first-order chi connectivity index (χ1) is 15.4. The Bertz CT molecular complexity index is 1160. The lowest BCUT2D eigenvalue weighted by Crippen LogP contribution is -2.47. The summed E-state index contributed by atoms with van der Waals surface area (Å²) in [7, 11) is 3.13. The van der Waals surface area contributed by atoms with Gasteiger partial charge in [0.25, 0.3) is 5.91 Å². The summed E-state index contributed by atoms with van der Waals surface area (Å²) in [4.78, 5) is 28.1. The van der Waals surface area contributed by atoms with Crippen LogP contribution in [0.1, 0.15) is 49.5 Å². The molecular weight excluding hydrogens is 448 g/mol. The number of benzene rings is 2. The van der Waals surface area contributed by atoms with Gasteiger partial charge in [-0.05, 0) is 36.9 Å². The van der Waals surface area contributed by atoms with Crippen LogP contribution in [0.15, 0.2) is 24.3 Å². The third-order valence-corrected chi connectivity index (χ3v) is 6.84. The molecule has 0 aromatic heterocycles. The van der Waals surface area contributed by atoms with Crippen LogP contribution in [0.4, 0.5) is 14.5 Å². The molecule has 0 saturated carbocycles. The Kier molecular flexibility index (Phi) is 5.78. The molecule has 2 unspecified atom stereocenters. The Morgan fingerprint density at radius 2 is 1.97 bits per heavy atom. The van der Waals surface area contributed by atoms with E-state index in [0.29, 0.717) is 30.6 Å². The van der Waals surface area contributed by atoms with E-state index in [4.69, 9.17) is 11.6 Å². The number of anilines is 1. The topological polar surface area (TPSA) is 61.4 Å². The van der Waals surface area contributed by atoms with Crippen LogP contribution in [0.5, 0.6) is 0 Å². The molecule has 5 nitrogen and oxygen atoms in total. The van der Waals surface area contributed by atoms with E-state index in [-0.39, 0.29) is 39.1 Å². The summed E-state index contributed by atoms with van der Waals surface area (Å²) in [5.74, 6) is -2.79. The normalized spacial score (nSPS) is 21.9. The average molecular weight is 476 g/mol. The number of amides is 2. The van der Waals surface area contributed by atoms with E-state index in [0.717, 1.165) is 6.07 Å². The van der Waals surface area contributed by atoms with Crippen molar-refractivity contribution in [1.82, 2.24) is 10.2 Å². The van der Waals surface area contributed by atoms with Gasteiger partial charge in [0.15, 0.2) is 11.6 Å². The van der Waals surface area contributed by atoms with Crippen LogP contribution in [0.2, 0.25) is 5.02 Å². The quantitative estimate of drug-likeness (QED) is 0.658. The molecule has 4 rings (SSSR count). The Morgan fingerprint density at radius 3 is 2.61 bits per heavy atom.